The van der Waals surface area contributed by atoms with Crippen molar-refractivity contribution in [2.45, 2.75) is 89.9 Å². The van der Waals surface area contributed by atoms with Crippen molar-refractivity contribution in [2.24, 2.45) is 0 Å². The molecule has 24 heavy (non-hydrogen) atoms. The quantitative estimate of drug-likeness (QED) is 0.429. The zero-order chi connectivity index (χ0) is 17.5. The van der Waals surface area contributed by atoms with Crippen molar-refractivity contribution in [3.8, 4) is 0 Å². The van der Waals surface area contributed by atoms with E-state index in [2.05, 4.69) is 9.97 Å². The minimum Gasteiger partial charge on any atom is -0.481 e. The molecule has 1 aromatic heterocycles. The molecule has 5 nitrogen and oxygen atoms in total. The zero-order valence-corrected chi connectivity index (χ0v) is 14.8. The lowest BCUT2D eigenvalue weighted by atomic mass is 10.0. The maximum Gasteiger partial charge on any atom is 0.303 e. The molecule has 0 fully saturated rings. The fraction of sp³-hybridized carbons (Fsp3) is 0.737. The molecule has 0 aliphatic heterocycles. The minimum absolute atomic E-state index is 0.271. The average molecular weight is 336 g/mol. The summed E-state index contributed by atoms with van der Waals surface area (Å²) in [7, 11) is 0. The van der Waals surface area contributed by atoms with Gasteiger partial charge in [-0.1, -0.05) is 57.8 Å². The maximum atomic E-state index is 11.7. The number of hydrogen-bond acceptors (Lipinski definition) is 3. The first kappa shape index (κ1) is 20.4. The van der Waals surface area contributed by atoms with E-state index in [1.165, 1.54) is 38.5 Å². The largest absolute Gasteiger partial charge is 0.481 e. The standard InChI is InChI=1S/C19H32N2O3/c22-17(16-18-20-14-15-21-18)12-10-8-6-4-2-1-3-5-7-9-11-13-19(23)24/h14-15H,1-13,16H2,(H,20,21)(H,23,24). The van der Waals surface area contributed by atoms with Crippen LogP contribution in [-0.2, 0) is 16.0 Å². The summed E-state index contributed by atoms with van der Waals surface area (Å²) in [6, 6.07) is 0. The van der Waals surface area contributed by atoms with Crippen molar-refractivity contribution in [1.82, 2.24) is 9.97 Å². The monoisotopic (exact) mass is 336 g/mol. The molecule has 0 bridgehead atoms. The van der Waals surface area contributed by atoms with Crippen molar-refractivity contribution in [3.05, 3.63) is 18.2 Å². The average Bonchev–Trinajstić information content (AvgIpc) is 3.04. The first-order valence-corrected chi connectivity index (χ1v) is 9.40. The van der Waals surface area contributed by atoms with Gasteiger partial charge in [-0.25, -0.2) is 4.98 Å². The Hall–Kier alpha value is -1.65. The Morgan fingerprint density at radius 2 is 1.33 bits per heavy atom. The van der Waals surface area contributed by atoms with Crippen LogP contribution >= 0.6 is 0 Å². The van der Waals surface area contributed by atoms with Crippen molar-refractivity contribution in [1.29, 1.82) is 0 Å². The van der Waals surface area contributed by atoms with E-state index < -0.39 is 5.97 Å². The number of nitrogens with zero attached hydrogens (tertiary/aromatic N) is 1. The van der Waals surface area contributed by atoms with Crippen LogP contribution in [0.25, 0.3) is 0 Å². The van der Waals surface area contributed by atoms with E-state index in [-0.39, 0.29) is 5.78 Å². The third kappa shape index (κ3) is 11.9. The molecule has 1 aromatic rings. The number of carbonyl (C=O) groups excluding carboxylic acids is 1. The van der Waals surface area contributed by atoms with E-state index in [1.807, 2.05) is 0 Å². The summed E-state index contributed by atoms with van der Waals surface area (Å²) in [4.78, 5) is 29.1. The molecule has 0 atom stereocenters. The smallest absolute Gasteiger partial charge is 0.303 e. The molecular weight excluding hydrogens is 304 g/mol. The van der Waals surface area contributed by atoms with Crippen LogP contribution in [0.4, 0.5) is 0 Å². The van der Waals surface area contributed by atoms with E-state index in [4.69, 9.17) is 5.11 Å². The van der Waals surface area contributed by atoms with Crippen LogP contribution in [0.1, 0.15) is 89.3 Å². The highest BCUT2D eigenvalue weighted by atomic mass is 16.4. The minimum atomic E-state index is -0.683. The van der Waals surface area contributed by atoms with E-state index >= 15 is 0 Å². The third-order valence-corrected chi connectivity index (χ3v) is 4.27. The fourth-order valence-corrected chi connectivity index (χ4v) is 2.86. The van der Waals surface area contributed by atoms with Gasteiger partial charge in [0, 0.05) is 25.2 Å². The molecule has 0 amide bonds. The SMILES string of the molecule is O=C(O)CCCCCCCCCCCCCC(=O)Cc1ncc[nH]1. The van der Waals surface area contributed by atoms with Gasteiger partial charge >= 0.3 is 5.97 Å². The van der Waals surface area contributed by atoms with Gasteiger partial charge in [0.25, 0.3) is 0 Å². The molecule has 0 saturated carbocycles. The van der Waals surface area contributed by atoms with Crippen molar-refractivity contribution >= 4 is 11.8 Å². The van der Waals surface area contributed by atoms with Gasteiger partial charge in [-0.2, -0.15) is 0 Å². The summed E-state index contributed by atoms with van der Waals surface area (Å²) in [5, 5.41) is 8.54. The Bertz CT molecular complexity index is 443. The van der Waals surface area contributed by atoms with Gasteiger partial charge in [0.1, 0.15) is 11.6 Å². The Kier molecular flexibility index (Phi) is 11.7. The van der Waals surface area contributed by atoms with E-state index in [9.17, 15) is 9.59 Å². The number of unbranched alkanes of at least 4 members (excludes halogenated alkanes) is 10. The second kappa shape index (κ2) is 13.8. The van der Waals surface area contributed by atoms with E-state index in [0.717, 1.165) is 37.9 Å². The van der Waals surface area contributed by atoms with Gasteiger partial charge in [-0.3, -0.25) is 9.59 Å². The number of aromatic nitrogens is 2. The van der Waals surface area contributed by atoms with Gasteiger partial charge in [0.15, 0.2) is 0 Å². The van der Waals surface area contributed by atoms with Gasteiger partial charge in [0.2, 0.25) is 0 Å². The molecule has 0 unspecified atom stereocenters. The molecule has 0 radical (unpaired) electrons. The maximum absolute atomic E-state index is 11.7. The number of hydrogen-bond donors (Lipinski definition) is 2. The highest BCUT2D eigenvalue weighted by Crippen LogP contribution is 2.12. The van der Waals surface area contributed by atoms with Crippen LogP contribution in [0.2, 0.25) is 0 Å². The number of carboxylic acid groups (broad SMARTS) is 1. The van der Waals surface area contributed by atoms with Gasteiger partial charge in [-0.05, 0) is 12.8 Å². The number of nitrogens with one attached hydrogen (secondary N) is 1. The Balaban J connectivity index is 1.77. The molecule has 0 spiro atoms. The number of imidazole rings is 1. The normalized spacial score (nSPS) is 10.8. The molecule has 136 valence electrons. The number of carboxylic acids is 1. The first-order chi connectivity index (χ1) is 11.7. The summed E-state index contributed by atoms with van der Waals surface area (Å²) in [6.07, 6.45) is 17.5. The van der Waals surface area contributed by atoms with Crippen LogP contribution in [0.3, 0.4) is 0 Å². The van der Waals surface area contributed by atoms with Crippen LogP contribution in [0.5, 0.6) is 0 Å². The topological polar surface area (TPSA) is 83.0 Å². The number of aliphatic carboxylic acids is 1. The number of ketones is 1. The lowest BCUT2D eigenvalue weighted by Gasteiger charge is -2.03. The summed E-state index contributed by atoms with van der Waals surface area (Å²) in [5.74, 6) is 0.355. The molecule has 1 rings (SSSR count). The zero-order valence-electron chi connectivity index (χ0n) is 14.8. The summed E-state index contributed by atoms with van der Waals surface area (Å²) in [6.45, 7) is 0. The van der Waals surface area contributed by atoms with Crippen molar-refractivity contribution in [3.63, 3.8) is 0 Å². The molecule has 1 heterocycles. The number of carbonyl (C=O) groups is 2. The Labute approximate surface area is 145 Å². The van der Waals surface area contributed by atoms with Gasteiger partial charge in [-0.15, -0.1) is 0 Å². The molecule has 0 aromatic carbocycles. The second-order valence-electron chi connectivity index (χ2n) is 6.53. The van der Waals surface area contributed by atoms with Gasteiger partial charge in [0.05, 0.1) is 6.42 Å². The Morgan fingerprint density at radius 1 is 0.833 bits per heavy atom. The predicted molar refractivity (Wildman–Crippen MR) is 95.0 cm³/mol. The molecular formula is C19H32N2O3. The van der Waals surface area contributed by atoms with Crippen LogP contribution in [0.15, 0.2) is 12.4 Å². The molecule has 0 aliphatic carbocycles. The lowest BCUT2D eigenvalue weighted by Crippen LogP contribution is -2.03. The van der Waals surface area contributed by atoms with Gasteiger partial charge < -0.3 is 10.1 Å². The summed E-state index contributed by atoms with van der Waals surface area (Å²) < 4.78 is 0. The fourth-order valence-electron chi connectivity index (χ4n) is 2.86. The summed E-state index contributed by atoms with van der Waals surface area (Å²) in [5.41, 5.74) is 0. The molecule has 0 aliphatic rings. The van der Waals surface area contributed by atoms with Crippen molar-refractivity contribution < 1.29 is 14.7 Å². The number of aromatic amines is 1. The number of Topliss-reactive ketones (excluding diaryl/α,β-unsaturated/α-hetero) is 1. The number of H-pyrrole nitrogens is 1. The van der Waals surface area contributed by atoms with Crippen LogP contribution < -0.4 is 0 Å². The molecule has 0 saturated heterocycles. The predicted octanol–water partition coefficient (Wildman–Crippen LogP) is 4.68. The lowest BCUT2D eigenvalue weighted by molar-refractivity contribution is -0.137. The highest BCUT2D eigenvalue weighted by molar-refractivity contribution is 5.80. The highest BCUT2D eigenvalue weighted by Gasteiger charge is 2.05. The molecule has 5 heteroatoms. The van der Waals surface area contributed by atoms with Crippen LogP contribution in [0, 0.1) is 0 Å². The third-order valence-electron chi connectivity index (χ3n) is 4.27. The Morgan fingerprint density at radius 3 is 1.79 bits per heavy atom. The van der Waals surface area contributed by atoms with E-state index in [1.54, 1.807) is 12.4 Å². The summed E-state index contributed by atoms with van der Waals surface area (Å²) >= 11 is 0. The van der Waals surface area contributed by atoms with Crippen LogP contribution in [-0.4, -0.2) is 26.8 Å². The number of rotatable bonds is 16. The molecule has 2 N–H and O–H groups in total. The first-order valence-electron chi connectivity index (χ1n) is 9.40. The second-order valence-corrected chi connectivity index (χ2v) is 6.53. The van der Waals surface area contributed by atoms with E-state index in [0.29, 0.717) is 19.3 Å². The van der Waals surface area contributed by atoms with Crippen molar-refractivity contribution in [2.75, 3.05) is 0 Å².